The van der Waals surface area contributed by atoms with Crippen LogP contribution in [0.1, 0.15) is 56.4 Å². The van der Waals surface area contributed by atoms with E-state index in [9.17, 15) is 9.59 Å². The summed E-state index contributed by atoms with van der Waals surface area (Å²) < 4.78 is 2.13. The van der Waals surface area contributed by atoms with Crippen molar-refractivity contribution >= 4 is 28.4 Å². The minimum Gasteiger partial charge on any atom is -0.366 e. The maximum absolute atomic E-state index is 12.5. The van der Waals surface area contributed by atoms with Crippen molar-refractivity contribution in [3.8, 4) is 0 Å². The van der Waals surface area contributed by atoms with Crippen LogP contribution in [0.3, 0.4) is 0 Å². The Morgan fingerprint density at radius 2 is 1.96 bits per heavy atom. The molecular weight excluding hydrogens is 302 g/mol. The van der Waals surface area contributed by atoms with E-state index in [1.807, 2.05) is 24.4 Å². The van der Waals surface area contributed by atoms with Gasteiger partial charge in [0.05, 0.1) is 11.1 Å². The molecule has 1 aliphatic carbocycles. The zero-order valence-corrected chi connectivity index (χ0v) is 14.8. The molecule has 2 amide bonds. The second-order valence-electron chi connectivity index (χ2n) is 7.94. The minimum absolute atomic E-state index is 0.0528. The molecule has 1 aliphatic rings. The van der Waals surface area contributed by atoms with Gasteiger partial charge in [-0.1, -0.05) is 20.8 Å². The summed E-state index contributed by atoms with van der Waals surface area (Å²) in [6, 6.07) is 6.20. The van der Waals surface area contributed by atoms with Crippen LogP contribution in [0.4, 0.5) is 5.69 Å². The lowest BCUT2D eigenvalue weighted by molar-refractivity contribution is -0.120. The van der Waals surface area contributed by atoms with E-state index in [0.717, 1.165) is 29.4 Å². The largest absolute Gasteiger partial charge is 0.366 e. The van der Waals surface area contributed by atoms with E-state index in [1.54, 1.807) is 11.9 Å². The molecule has 0 saturated heterocycles. The lowest BCUT2D eigenvalue weighted by atomic mass is 9.91. The molecule has 1 saturated carbocycles. The van der Waals surface area contributed by atoms with E-state index >= 15 is 0 Å². The summed E-state index contributed by atoms with van der Waals surface area (Å²) >= 11 is 0. The van der Waals surface area contributed by atoms with Crippen molar-refractivity contribution in [2.45, 2.75) is 46.1 Å². The topological polar surface area (TPSA) is 68.3 Å². The molecule has 0 aliphatic heterocycles. The molecule has 0 spiro atoms. The van der Waals surface area contributed by atoms with Crippen molar-refractivity contribution in [3.05, 3.63) is 30.0 Å². The number of hydrogen-bond acceptors (Lipinski definition) is 2. The third kappa shape index (κ3) is 3.16. The number of amides is 2. The molecule has 5 heteroatoms. The van der Waals surface area contributed by atoms with Gasteiger partial charge in [-0.2, -0.15) is 0 Å². The third-order valence-electron chi connectivity index (χ3n) is 4.47. The highest BCUT2D eigenvalue weighted by molar-refractivity contribution is 6.07. The Morgan fingerprint density at radius 3 is 2.50 bits per heavy atom. The van der Waals surface area contributed by atoms with Crippen LogP contribution >= 0.6 is 0 Å². The summed E-state index contributed by atoms with van der Waals surface area (Å²) in [6.45, 7) is 6.16. The Kier molecular flexibility index (Phi) is 3.90. The minimum atomic E-state index is -0.413. The average Bonchev–Trinajstić information content (AvgIpc) is 3.24. The summed E-state index contributed by atoms with van der Waals surface area (Å²) in [6.07, 6.45) is 4.57. The van der Waals surface area contributed by atoms with Crippen LogP contribution in [0.2, 0.25) is 0 Å². The van der Waals surface area contributed by atoms with Gasteiger partial charge in [0.15, 0.2) is 0 Å². The number of carbonyl (C=O) groups is 2. The van der Waals surface area contributed by atoms with Crippen LogP contribution in [-0.2, 0) is 4.79 Å². The van der Waals surface area contributed by atoms with Crippen LogP contribution in [-0.4, -0.2) is 23.4 Å². The van der Waals surface area contributed by atoms with Crippen molar-refractivity contribution in [2.24, 2.45) is 11.1 Å². The van der Waals surface area contributed by atoms with Crippen molar-refractivity contribution in [1.29, 1.82) is 0 Å². The first kappa shape index (κ1) is 16.6. The molecule has 128 valence electrons. The maximum atomic E-state index is 12.5. The summed E-state index contributed by atoms with van der Waals surface area (Å²) in [4.78, 5) is 25.9. The van der Waals surface area contributed by atoms with Gasteiger partial charge in [-0.05, 0) is 36.5 Å². The van der Waals surface area contributed by atoms with E-state index in [4.69, 9.17) is 5.73 Å². The number of nitrogens with zero attached hydrogens (tertiary/aromatic N) is 2. The first-order valence-corrected chi connectivity index (χ1v) is 8.38. The van der Waals surface area contributed by atoms with Gasteiger partial charge in [-0.25, -0.2) is 0 Å². The molecule has 5 nitrogen and oxygen atoms in total. The standard InChI is InChI=1S/C19H25N3O2/c1-19(2,3)10-17(23)21(4)13-7-8-14-15(18(20)24)11-22(12-5-6-12)16(14)9-13/h7-9,11-12H,5-6,10H2,1-4H3,(H2,20,24). The first-order valence-electron chi connectivity index (χ1n) is 8.38. The second-order valence-corrected chi connectivity index (χ2v) is 7.94. The number of hydrogen-bond donors (Lipinski definition) is 1. The van der Waals surface area contributed by atoms with Gasteiger partial charge in [0.25, 0.3) is 5.91 Å². The molecule has 2 N–H and O–H groups in total. The van der Waals surface area contributed by atoms with Gasteiger partial charge in [-0.15, -0.1) is 0 Å². The van der Waals surface area contributed by atoms with Gasteiger partial charge in [0.1, 0.15) is 0 Å². The summed E-state index contributed by atoms with van der Waals surface area (Å²) in [7, 11) is 1.80. The molecule has 2 aromatic rings. The highest BCUT2D eigenvalue weighted by atomic mass is 16.2. The SMILES string of the molecule is CN(C(=O)CC(C)(C)C)c1ccc2c(C(N)=O)cn(C3CC3)c2c1. The number of nitrogens with two attached hydrogens (primary N) is 1. The van der Waals surface area contributed by atoms with Crippen LogP contribution in [0.15, 0.2) is 24.4 Å². The molecule has 1 aromatic heterocycles. The van der Waals surface area contributed by atoms with Crippen molar-refractivity contribution < 1.29 is 9.59 Å². The molecule has 0 radical (unpaired) electrons. The van der Waals surface area contributed by atoms with E-state index in [0.29, 0.717) is 18.0 Å². The monoisotopic (exact) mass is 327 g/mol. The highest BCUT2D eigenvalue weighted by Crippen LogP contribution is 2.39. The molecule has 24 heavy (non-hydrogen) atoms. The zero-order chi connectivity index (χ0) is 17.6. The molecule has 1 fully saturated rings. The van der Waals surface area contributed by atoms with Gasteiger partial charge in [0, 0.05) is 36.8 Å². The second kappa shape index (κ2) is 5.65. The molecule has 1 aromatic carbocycles. The molecule has 3 rings (SSSR count). The zero-order valence-electron chi connectivity index (χ0n) is 14.8. The summed E-state index contributed by atoms with van der Waals surface area (Å²) in [5.41, 5.74) is 7.82. The Hall–Kier alpha value is -2.30. The number of primary amides is 1. The van der Waals surface area contributed by atoms with Gasteiger partial charge < -0.3 is 15.2 Å². The first-order chi connectivity index (χ1) is 11.2. The highest BCUT2D eigenvalue weighted by Gasteiger charge is 2.27. The number of anilines is 1. The Morgan fingerprint density at radius 1 is 1.29 bits per heavy atom. The Balaban J connectivity index is 2.00. The number of benzene rings is 1. The molecule has 1 heterocycles. The van der Waals surface area contributed by atoms with E-state index in [-0.39, 0.29) is 11.3 Å². The van der Waals surface area contributed by atoms with Crippen molar-refractivity contribution in [2.75, 3.05) is 11.9 Å². The molecule has 0 unspecified atom stereocenters. The van der Waals surface area contributed by atoms with E-state index < -0.39 is 5.91 Å². The molecular formula is C19H25N3O2. The Bertz CT molecular complexity index is 810. The predicted octanol–water partition coefficient (Wildman–Crippen LogP) is 3.47. The number of rotatable bonds is 4. The number of aromatic nitrogens is 1. The summed E-state index contributed by atoms with van der Waals surface area (Å²) in [5.74, 6) is -0.328. The van der Waals surface area contributed by atoms with E-state index in [1.165, 1.54) is 0 Å². The van der Waals surface area contributed by atoms with Gasteiger partial charge in [-0.3, -0.25) is 9.59 Å². The fourth-order valence-electron chi connectivity index (χ4n) is 3.02. The van der Waals surface area contributed by atoms with Crippen LogP contribution in [0.5, 0.6) is 0 Å². The van der Waals surface area contributed by atoms with Crippen molar-refractivity contribution in [1.82, 2.24) is 4.57 Å². The summed E-state index contributed by atoms with van der Waals surface area (Å²) in [5, 5.41) is 0.856. The fourth-order valence-corrected chi connectivity index (χ4v) is 3.02. The number of carbonyl (C=O) groups excluding carboxylic acids is 2. The van der Waals surface area contributed by atoms with E-state index in [2.05, 4.69) is 25.3 Å². The van der Waals surface area contributed by atoms with Crippen LogP contribution in [0.25, 0.3) is 10.9 Å². The lowest BCUT2D eigenvalue weighted by Gasteiger charge is -2.23. The smallest absolute Gasteiger partial charge is 0.250 e. The maximum Gasteiger partial charge on any atom is 0.250 e. The third-order valence-corrected chi connectivity index (χ3v) is 4.47. The molecule has 0 bridgehead atoms. The number of fused-ring (bicyclic) bond motifs is 1. The normalized spacial score (nSPS) is 14.8. The van der Waals surface area contributed by atoms with Gasteiger partial charge >= 0.3 is 0 Å². The lowest BCUT2D eigenvalue weighted by Crippen LogP contribution is -2.29. The van der Waals surface area contributed by atoms with Gasteiger partial charge in [0.2, 0.25) is 5.91 Å². The van der Waals surface area contributed by atoms with Crippen molar-refractivity contribution in [3.63, 3.8) is 0 Å². The quantitative estimate of drug-likeness (QED) is 0.934. The predicted molar refractivity (Wildman–Crippen MR) is 96.2 cm³/mol. The molecule has 0 atom stereocenters. The Labute approximate surface area is 142 Å². The van der Waals surface area contributed by atoms with Crippen LogP contribution in [0, 0.1) is 5.41 Å². The average molecular weight is 327 g/mol. The fraction of sp³-hybridized carbons (Fsp3) is 0.474. The van der Waals surface area contributed by atoms with Crippen LogP contribution < -0.4 is 10.6 Å².